The fourth-order valence-electron chi connectivity index (χ4n) is 2.01. The van der Waals surface area contributed by atoms with E-state index in [1.807, 2.05) is 32.9 Å². The summed E-state index contributed by atoms with van der Waals surface area (Å²) in [5.74, 6) is -1.12. The van der Waals surface area contributed by atoms with Crippen molar-refractivity contribution in [2.45, 2.75) is 39.7 Å². The Morgan fingerprint density at radius 2 is 1.76 bits per heavy atom. The van der Waals surface area contributed by atoms with Crippen molar-refractivity contribution >= 4 is 17.5 Å². The van der Waals surface area contributed by atoms with Crippen LogP contribution in [0.3, 0.4) is 0 Å². The van der Waals surface area contributed by atoms with E-state index in [-0.39, 0.29) is 6.61 Å². The molecule has 0 saturated heterocycles. The van der Waals surface area contributed by atoms with Gasteiger partial charge < -0.3 is 15.7 Å². The van der Waals surface area contributed by atoms with Gasteiger partial charge in [0.05, 0.1) is 12.6 Å². The highest BCUT2D eigenvalue weighted by molar-refractivity contribution is 6.39. The van der Waals surface area contributed by atoms with Crippen molar-refractivity contribution in [3.63, 3.8) is 0 Å². The topological polar surface area (TPSA) is 78.4 Å². The second kappa shape index (κ2) is 8.42. The van der Waals surface area contributed by atoms with Crippen molar-refractivity contribution in [3.05, 3.63) is 29.8 Å². The van der Waals surface area contributed by atoms with Crippen molar-refractivity contribution < 1.29 is 14.7 Å². The highest BCUT2D eigenvalue weighted by atomic mass is 16.3. The van der Waals surface area contributed by atoms with E-state index in [1.165, 1.54) is 0 Å². The number of aryl methyl sites for hydroxylation is 1. The summed E-state index contributed by atoms with van der Waals surface area (Å²) in [5.41, 5.74) is 1.74. The van der Waals surface area contributed by atoms with Crippen LogP contribution in [0, 0.1) is 5.92 Å². The molecule has 0 fully saturated rings. The Balaban J connectivity index is 2.55. The third-order valence-corrected chi connectivity index (χ3v) is 3.14. The maximum Gasteiger partial charge on any atom is 0.313 e. The zero-order valence-electron chi connectivity index (χ0n) is 12.8. The van der Waals surface area contributed by atoms with E-state index in [4.69, 9.17) is 0 Å². The number of benzene rings is 1. The van der Waals surface area contributed by atoms with Crippen LogP contribution in [0.4, 0.5) is 5.69 Å². The van der Waals surface area contributed by atoms with E-state index in [1.54, 1.807) is 12.1 Å². The van der Waals surface area contributed by atoms with Crippen LogP contribution in [-0.4, -0.2) is 29.6 Å². The zero-order chi connectivity index (χ0) is 15.8. The molecule has 5 heteroatoms. The van der Waals surface area contributed by atoms with Gasteiger partial charge in [0, 0.05) is 5.69 Å². The number of hydrogen-bond donors (Lipinski definition) is 3. The third-order valence-electron chi connectivity index (χ3n) is 3.14. The molecule has 2 amide bonds. The summed E-state index contributed by atoms with van der Waals surface area (Å²) in [7, 11) is 0. The first-order chi connectivity index (χ1) is 9.96. The van der Waals surface area contributed by atoms with E-state index in [2.05, 4.69) is 10.6 Å². The lowest BCUT2D eigenvalue weighted by Gasteiger charge is -2.17. The van der Waals surface area contributed by atoms with Gasteiger partial charge in [0.1, 0.15) is 0 Å². The SMILES string of the molecule is CCc1ccc(NC(=O)C(=O)NC(CO)CC(C)C)cc1. The predicted octanol–water partition coefficient (Wildman–Crippen LogP) is 1.71. The van der Waals surface area contributed by atoms with E-state index in [0.717, 1.165) is 12.0 Å². The van der Waals surface area contributed by atoms with Crippen molar-refractivity contribution in [3.8, 4) is 0 Å². The van der Waals surface area contributed by atoms with E-state index < -0.39 is 17.9 Å². The Bertz CT molecular complexity index is 469. The molecular weight excluding hydrogens is 268 g/mol. The number of nitrogens with one attached hydrogen (secondary N) is 2. The Labute approximate surface area is 125 Å². The molecule has 1 aromatic carbocycles. The normalized spacial score (nSPS) is 12.0. The van der Waals surface area contributed by atoms with Crippen LogP contribution in [-0.2, 0) is 16.0 Å². The van der Waals surface area contributed by atoms with Gasteiger partial charge in [-0.3, -0.25) is 9.59 Å². The standard InChI is InChI=1S/C16H24N2O3/c1-4-12-5-7-13(8-6-12)17-15(20)16(21)18-14(10-19)9-11(2)3/h5-8,11,14,19H,4,9-10H2,1-3H3,(H,17,20)(H,18,21). The lowest BCUT2D eigenvalue weighted by molar-refractivity contribution is -0.136. The number of hydrogen-bond acceptors (Lipinski definition) is 3. The Morgan fingerprint density at radius 3 is 2.24 bits per heavy atom. The molecule has 0 bridgehead atoms. The number of rotatable bonds is 6. The predicted molar refractivity (Wildman–Crippen MR) is 82.9 cm³/mol. The van der Waals surface area contributed by atoms with Crippen LogP contribution in [0.25, 0.3) is 0 Å². The first-order valence-electron chi connectivity index (χ1n) is 7.27. The molecule has 5 nitrogen and oxygen atoms in total. The fraction of sp³-hybridized carbons (Fsp3) is 0.500. The maximum absolute atomic E-state index is 11.8. The van der Waals surface area contributed by atoms with Crippen LogP contribution in [0.2, 0.25) is 0 Å². The van der Waals surface area contributed by atoms with Crippen LogP contribution in [0.15, 0.2) is 24.3 Å². The van der Waals surface area contributed by atoms with Crippen molar-refractivity contribution in [2.24, 2.45) is 5.92 Å². The largest absolute Gasteiger partial charge is 0.394 e. The van der Waals surface area contributed by atoms with Gasteiger partial charge in [-0.05, 0) is 36.5 Å². The van der Waals surface area contributed by atoms with Crippen LogP contribution < -0.4 is 10.6 Å². The monoisotopic (exact) mass is 292 g/mol. The number of aliphatic hydroxyl groups is 1. The van der Waals surface area contributed by atoms with Gasteiger partial charge in [-0.15, -0.1) is 0 Å². The Hall–Kier alpha value is -1.88. The van der Waals surface area contributed by atoms with E-state index >= 15 is 0 Å². The van der Waals surface area contributed by atoms with Crippen LogP contribution >= 0.6 is 0 Å². The third kappa shape index (κ3) is 5.95. The molecule has 3 N–H and O–H groups in total. The molecule has 21 heavy (non-hydrogen) atoms. The molecule has 0 radical (unpaired) electrons. The minimum atomic E-state index is -0.728. The lowest BCUT2D eigenvalue weighted by atomic mass is 10.0. The maximum atomic E-state index is 11.8. The van der Waals surface area contributed by atoms with Gasteiger partial charge in [0.25, 0.3) is 0 Å². The summed E-state index contributed by atoms with van der Waals surface area (Å²) in [6.07, 6.45) is 1.54. The minimum Gasteiger partial charge on any atom is -0.394 e. The van der Waals surface area contributed by atoms with Crippen LogP contribution in [0.5, 0.6) is 0 Å². The Morgan fingerprint density at radius 1 is 1.14 bits per heavy atom. The number of carbonyl (C=O) groups excluding carboxylic acids is 2. The summed E-state index contributed by atoms with van der Waals surface area (Å²) in [5, 5.41) is 14.3. The summed E-state index contributed by atoms with van der Waals surface area (Å²) in [6.45, 7) is 5.85. The minimum absolute atomic E-state index is 0.178. The summed E-state index contributed by atoms with van der Waals surface area (Å²) < 4.78 is 0. The molecule has 1 aromatic rings. The van der Waals surface area contributed by atoms with Gasteiger partial charge >= 0.3 is 11.8 Å². The fourth-order valence-corrected chi connectivity index (χ4v) is 2.01. The zero-order valence-corrected chi connectivity index (χ0v) is 12.8. The quantitative estimate of drug-likeness (QED) is 0.698. The highest BCUT2D eigenvalue weighted by Crippen LogP contribution is 2.10. The van der Waals surface area contributed by atoms with Gasteiger partial charge in [0.2, 0.25) is 0 Å². The lowest BCUT2D eigenvalue weighted by Crippen LogP contribution is -2.44. The van der Waals surface area contributed by atoms with Crippen molar-refractivity contribution in [1.82, 2.24) is 5.32 Å². The number of aliphatic hydroxyl groups excluding tert-OH is 1. The average Bonchev–Trinajstić information content (AvgIpc) is 2.46. The molecular formula is C16H24N2O3. The molecule has 0 saturated carbocycles. The first-order valence-corrected chi connectivity index (χ1v) is 7.27. The summed E-state index contributed by atoms with van der Waals surface area (Å²) in [4.78, 5) is 23.6. The average molecular weight is 292 g/mol. The van der Waals surface area contributed by atoms with Gasteiger partial charge in [0.15, 0.2) is 0 Å². The molecule has 0 aliphatic carbocycles. The number of carbonyl (C=O) groups is 2. The Kier molecular flexibility index (Phi) is 6.88. The van der Waals surface area contributed by atoms with E-state index in [0.29, 0.717) is 18.0 Å². The first kappa shape index (κ1) is 17.2. The second-order valence-electron chi connectivity index (χ2n) is 5.49. The molecule has 0 heterocycles. The molecule has 0 aromatic heterocycles. The summed E-state index contributed by atoms with van der Waals surface area (Å²) >= 11 is 0. The van der Waals surface area contributed by atoms with Crippen molar-refractivity contribution in [1.29, 1.82) is 0 Å². The molecule has 0 spiro atoms. The summed E-state index contributed by atoms with van der Waals surface area (Å²) in [6, 6.07) is 6.94. The molecule has 1 rings (SSSR count). The number of anilines is 1. The van der Waals surface area contributed by atoms with Gasteiger partial charge in [-0.25, -0.2) is 0 Å². The van der Waals surface area contributed by atoms with Crippen molar-refractivity contribution in [2.75, 3.05) is 11.9 Å². The molecule has 116 valence electrons. The second-order valence-corrected chi connectivity index (χ2v) is 5.49. The molecule has 0 aliphatic heterocycles. The van der Waals surface area contributed by atoms with Gasteiger partial charge in [-0.2, -0.15) is 0 Å². The number of amides is 2. The highest BCUT2D eigenvalue weighted by Gasteiger charge is 2.19. The van der Waals surface area contributed by atoms with Crippen LogP contribution in [0.1, 0.15) is 32.8 Å². The molecule has 0 aliphatic rings. The smallest absolute Gasteiger partial charge is 0.313 e. The van der Waals surface area contributed by atoms with E-state index in [9.17, 15) is 14.7 Å². The molecule has 1 unspecified atom stereocenters. The molecule has 1 atom stereocenters. The van der Waals surface area contributed by atoms with Gasteiger partial charge in [-0.1, -0.05) is 32.9 Å².